The highest BCUT2D eigenvalue weighted by Gasteiger charge is 2.22. The molecule has 0 aromatic heterocycles. The Morgan fingerprint density at radius 2 is 1.83 bits per heavy atom. The van der Waals surface area contributed by atoms with Crippen LogP contribution in [0.25, 0.3) is 0 Å². The molecule has 1 aliphatic heterocycles. The predicted molar refractivity (Wildman–Crippen MR) is 92.5 cm³/mol. The van der Waals surface area contributed by atoms with Gasteiger partial charge in [-0.1, -0.05) is 13.8 Å². The number of nitrogens with one attached hydrogen (secondary N) is 2. The van der Waals surface area contributed by atoms with Gasteiger partial charge in [0.2, 0.25) is 5.91 Å². The molecule has 0 spiro atoms. The van der Waals surface area contributed by atoms with Crippen LogP contribution in [-0.2, 0) is 4.79 Å². The first kappa shape index (κ1) is 17.5. The van der Waals surface area contributed by atoms with Gasteiger partial charge in [-0.15, -0.1) is 0 Å². The van der Waals surface area contributed by atoms with E-state index >= 15 is 0 Å². The summed E-state index contributed by atoms with van der Waals surface area (Å²) in [7, 11) is 0. The van der Waals surface area contributed by atoms with Gasteiger partial charge in [-0.2, -0.15) is 0 Å². The maximum atomic E-state index is 12.5. The van der Waals surface area contributed by atoms with Crippen LogP contribution in [0, 0.1) is 5.92 Å². The molecule has 1 saturated heterocycles. The van der Waals surface area contributed by atoms with Crippen LogP contribution in [0.4, 0.5) is 5.69 Å². The highest BCUT2D eigenvalue weighted by Crippen LogP contribution is 2.15. The smallest absolute Gasteiger partial charge is 0.253 e. The summed E-state index contributed by atoms with van der Waals surface area (Å²) in [6.45, 7) is 7.35. The fraction of sp³-hybridized carbons (Fsp3) is 0.556. The van der Waals surface area contributed by atoms with Crippen molar-refractivity contribution in [3.8, 4) is 0 Å². The normalized spacial score (nSPS) is 17.0. The summed E-state index contributed by atoms with van der Waals surface area (Å²) in [5, 5.41) is 6.11. The molecule has 0 saturated carbocycles. The minimum atomic E-state index is 0.0425. The van der Waals surface area contributed by atoms with E-state index in [1.165, 1.54) is 0 Å². The summed E-state index contributed by atoms with van der Waals surface area (Å²) in [4.78, 5) is 26.5. The molecule has 23 heavy (non-hydrogen) atoms. The Morgan fingerprint density at radius 1 is 1.17 bits per heavy atom. The lowest BCUT2D eigenvalue weighted by molar-refractivity contribution is -0.119. The van der Waals surface area contributed by atoms with Gasteiger partial charge in [0.15, 0.2) is 0 Å². The molecule has 1 unspecified atom stereocenters. The average molecular weight is 317 g/mol. The molecule has 126 valence electrons. The van der Waals surface area contributed by atoms with Crippen LogP contribution in [0.3, 0.4) is 0 Å². The minimum absolute atomic E-state index is 0.0425. The zero-order valence-corrected chi connectivity index (χ0v) is 14.1. The summed E-state index contributed by atoms with van der Waals surface area (Å²) in [5.41, 5.74) is 1.42. The van der Waals surface area contributed by atoms with Gasteiger partial charge >= 0.3 is 0 Å². The molecule has 0 bridgehead atoms. The lowest BCUT2D eigenvalue weighted by Crippen LogP contribution is -2.32. The Kier molecular flexibility index (Phi) is 6.59. The van der Waals surface area contributed by atoms with Gasteiger partial charge in [0.05, 0.1) is 5.92 Å². The van der Waals surface area contributed by atoms with Crippen LogP contribution in [0.1, 0.15) is 43.5 Å². The number of anilines is 1. The second-order valence-electron chi connectivity index (χ2n) is 6.05. The number of rotatable bonds is 7. The van der Waals surface area contributed by atoms with Gasteiger partial charge in [0.25, 0.3) is 5.91 Å². The maximum Gasteiger partial charge on any atom is 0.253 e. The summed E-state index contributed by atoms with van der Waals surface area (Å²) in [6, 6.07) is 7.21. The molecule has 5 heteroatoms. The molecule has 0 aliphatic carbocycles. The van der Waals surface area contributed by atoms with E-state index in [4.69, 9.17) is 0 Å². The Balaban J connectivity index is 1.97. The lowest BCUT2D eigenvalue weighted by Gasteiger charge is -2.21. The first-order valence-electron chi connectivity index (χ1n) is 8.56. The standard InChI is InChI=1S/C18H27N3O2/c1-3-11-21(12-4-2)18(23)14-5-7-16(8-6-14)20-17(22)15-9-10-19-13-15/h5-8,15,19H,3-4,9-13H2,1-2H3,(H,20,22). The van der Waals surface area contributed by atoms with E-state index in [2.05, 4.69) is 24.5 Å². The monoisotopic (exact) mass is 317 g/mol. The van der Waals surface area contributed by atoms with Crippen LogP contribution in [0.5, 0.6) is 0 Å². The molecule has 2 rings (SSSR count). The molecular weight excluding hydrogens is 290 g/mol. The zero-order chi connectivity index (χ0) is 16.7. The molecule has 1 fully saturated rings. The van der Waals surface area contributed by atoms with Crippen molar-refractivity contribution >= 4 is 17.5 Å². The van der Waals surface area contributed by atoms with Crippen molar-refractivity contribution in [1.29, 1.82) is 0 Å². The summed E-state index contributed by atoms with van der Waals surface area (Å²) < 4.78 is 0. The molecule has 2 amide bonds. The quantitative estimate of drug-likeness (QED) is 0.812. The van der Waals surface area contributed by atoms with Crippen LogP contribution >= 0.6 is 0 Å². The van der Waals surface area contributed by atoms with Crippen LogP contribution in [0.15, 0.2) is 24.3 Å². The topological polar surface area (TPSA) is 61.4 Å². The van der Waals surface area contributed by atoms with Crippen molar-refractivity contribution in [3.63, 3.8) is 0 Å². The number of benzene rings is 1. The molecule has 1 aliphatic rings. The van der Waals surface area contributed by atoms with E-state index in [9.17, 15) is 9.59 Å². The molecule has 1 aromatic rings. The van der Waals surface area contributed by atoms with Gasteiger partial charge < -0.3 is 15.5 Å². The second-order valence-corrected chi connectivity index (χ2v) is 6.05. The van der Waals surface area contributed by atoms with E-state index in [-0.39, 0.29) is 17.7 Å². The molecule has 1 heterocycles. The summed E-state index contributed by atoms with van der Waals surface area (Å²) in [6.07, 6.45) is 2.79. The fourth-order valence-corrected chi connectivity index (χ4v) is 2.86. The van der Waals surface area contributed by atoms with E-state index < -0.39 is 0 Å². The highest BCUT2D eigenvalue weighted by molar-refractivity contribution is 5.96. The molecule has 1 aromatic carbocycles. The van der Waals surface area contributed by atoms with E-state index in [1.807, 2.05) is 17.0 Å². The third-order valence-corrected chi connectivity index (χ3v) is 4.10. The number of carbonyl (C=O) groups excluding carboxylic acids is 2. The summed E-state index contributed by atoms with van der Waals surface area (Å²) in [5.74, 6) is 0.153. The van der Waals surface area contributed by atoms with Gasteiger partial charge in [0.1, 0.15) is 0 Å². The number of carbonyl (C=O) groups is 2. The van der Waals surface area contributed by atoms with Gasteiger partial charge in [0, 0.05) is 30.9 Å². The third kappa shape index (κ3) is 4.79. The van der Waals surface area contributed by atoms with Gasteiger partial charge in [-0.05, 0) is 50.1 Å². The Labute approximate surface area is 138 Å². The number of hydrogen-bond donors (Lipinski definition) is 2. The predicted octanol–water partition coefficient (Wildman–Crippen LogP) is 2.50. The molecule has 0 radical (unpaired) electrons. The van der Waals surface area contributed by atoms with E-state index in [0.717, 1.165) is 51.1 Å². The highest BCUT2D eigenvalue weighted by atomic mass is 16.2. The van der Waals surface area contributed by atoms with Crippen molar-refractivity contribution in [2.24, 2.45) is 5.92 Å². The third-order valence-electron chi connectivity index (χ3n) is 4.10. The van der Waals surface area contributed by atoms with E-state index in [0.29, 0.717) is 5.56 Å². The first-order chi connectivity index (χ1) is 11.2. The van der Waals surface area contributed by atoms with E-state index in [1.54, 1.807) is 12.1 Å². The Morgan fingerprint density at radius 3 is 2.35 bits per heavy atom. The Hall–Kier alpha value is -1.88. The largest absolute Gasteiger partial charge is 0.339 e. The van der Waals surface area contributed by atoms with Gasteiger partial charge in [-0.3, -0.25) is 9.59 Å². The van der Waals surface area contributed by atoms with Crippen LogP contribution in [0.2, 0.25) is 0 Å². The molecular formula is C18H27N3O2. The number of nitrogens with zero attached hydrogens (tertiary/aromatic N) is 1. The second kappa shape index (κ2) is 8.67. The number of hydrogen-bond acceptors (Lipinski definition) is 3. The van der Waals surface area contributed by atoms with Crippen molar-refractivity contribution in [3.05, 3.63) is 29.8 Å². The van der Waals surface area contributed by atoms with Crippen molar-refractivity contribution in [2.45, 2.75) is 33.1 Å². The van der Waals surface area contributed by atoms with Crippen molar-refractivity contribution < 1.29 is 9.59 Å². The van der Waals surface area contributed by atoms with Crippen molar-refractivity contribution in [1.82, 2.24) is 10.2 Å². The Bertz CT molecular complexity index is 516. The molecule has 1 atom stereocenters. The first-order valence-corrected chi connectivity index (χ1v) is 8.56. The zero-order valence-electron chi connectivity index (χ0n) is 14.1. The van der Waals surface area contributed by atoms with Crippen molar-refractivity contribution in [2.75, 3.05) is 31.5 Å². The maximum absolute atomic E-state index is 12.5. The molecule has 2 N–H and O–H groups in total. The fourth-order valence-electron chi connectivity index (χ4n) is 2.86. The molecule has 5 nitrogen and oxygen atoms in total. The SMILES string of the molecule is CCCN(CCC)C(=O)c1ccc(NC(=O)C2CCNC2)cc1. The lowest BCUT2D eigenvalue weighted by atomic mass is 10.1. The number of amides is 2. The van der Waals surface area contributed by atoms with Crippen LogP contribution < -0.4 is 10.6 Å². The average Bonchev–Trinajstić information content (AvgIpc) is 3.09. The minimum Gasteiger partial charge on any atom is -0.339 e. The summed E-state index contributed by atoms with van der Waals surface area (Å²) >= 11 is 0. The van der Waals surface area contributed by atoms with Crippen LogP contribution in [-0.4, -0.2) is 42.9 Å². The van der Waals surface area contributed by atoms with Gasteiger partial charge in [-0.25, -0.2) is 0 Å².